The summed E-state index contributed by atoms with van der Waals surface area (Å²) in [5.41, 5.74) is 0. The van der Waals surface area contributed by atoms with Crippen LogP contribution in [0, 0.1) is 0 Å². The summed E-state index contributed by atoms with van der Waals surface area (Å²) >= 11 is 0.125. The van der Waals surface area contributed by atoms with Gasteiger partial charge < -0.3 is 0 Å². The van der Waals surface area contributed by atoms with Crippen molar-refractivity contribution in [1.29, 1.82) is 0 Å². The molecule has 0 aromatic carbocycles. The zero-order valence-electron chi connectivity index (χ0n) is 1.12. The maximum atomic E-state index is 8.38. The molecule has 0 spiro atoms. The van der Waals surface area contributed by atoms with Crippen molar-refractivity contribution in [3.63, 3.8) is 0 Å². The van der Waals surface area contributed by atoms with E-state index in [4.69, 9.17) is 3.57 Å². The second-order valence-corrected chi connectivity index (χ2v) is 0. The normalized spacial score (nSPS) is 1.50. The van der Waals surface area contributed by atoms with Crippen molar-refractivity contribution in [3.8, 4) is 0 Å². The van der Waals surface area contributed by atoms with Crippen molar-refractivity contribution >= 4 is 42.8 Å². The molecule has 0 aliphatic carbocycles. The molecule has 0 aliphatic rings. The Morgan fingerprint density at radius 2 is 1.25 bits per heavy atom. The molecule has 0 radical (unpaired) electrons. The summed E-state index contributed by atoms with van der Waals surface area (Å²) in [6.45, 7) is 0. The van der Waals surface area contributed by atoms with Gasteiger partial charge in [-0.1, -0.05) is 0 Å². The second-order valence-electron chi connectivity index (χ2n) is 0. The molecule has 18 valence electrons. The fourth-order valence-electron chi connectivity index (χ4n) is 0. The van der Waals surface area contributed by atoms with Gasteiger partial charge in [-0.2, -0.15) is 0 Å². The monoisotopic (exact) mass is 178 g/mol. The molecule has 0 aromatic rings. The first-order chi connectivity index (χ1) is 1.00. The summed E-state index contributed by atoms with van der Waals surface area (Å²) in [5.74, 6) is 0. The molecule has 0 amide bonds. The van der Waals surface area contributed by atoms with Gasteiger partial charge in [0.05, 0.1) is 0 Å². The first kappa shape index (κ1) is 17.0. The molecule has 1 nitrogen and oxygen atoms in total. The summed E-state index contributed by atoms with van der Waals surface area (Å²) < 4.78 is 8.38. The molecule has 0 rings (SSSR count). The Labute approximate surface area is 64.1 Å². The van der Waals surface area contributed by atoms with E-state index in [-0.39, 0.29) is 61.1 Å². The Morgan fingerprint density at radius 1 is 1.25 bits per heavy atom. The van der Waals surface area contributed by atoms with Crippen LogP contribution in [0.4, 0.5) is 0 Å². The Kier molecular flexibility index (Phi) is 90.0. The van der Waals surface area contributed by atoms with Gasteiger partial charge in [0.1, 0.15) is 0 Å². The van der Waals surface area contributed by atoms with E-state index in [0.717, 1.165) is 0 Å². The number of hydrogen-bond donors (Lipinski definition) is 0. The summed E-state index contributed by atoms with van der Waals surface area (Å²) in [6.07, 6.45) is 0. The van der Waals surface area contributed by atoms with Crippen LogP contribution in [0.5, 0.6) is 0 Å². The maximum absolute atomic E-state index is 8.38. The standard InChI is InChI=1S/Ga.Mg.O.Zn.5H. The Balaban J connectivity index is -0.00000000500. The van der Waals surface area contributed by atoms with E-state index in [0.29, 0.717) is 0 Å². The molecule has 0 atom stereocenters. The molecule has 4 heteroatoms. The van der Waals surface area contributed by atoms with Gasteiger partial charge in [-0.15, -0.1) is 0 Å². The van der Waals surface area contributed by atoms with Crippen LogP contribution in [0.1, 0.15) is 0 Å². The van der Waals surface area contributed by atoms with E-state index < -0.39 is 0 Å². The van der Waals surface area contributed by atoms with Crippen LogP contribution >= 0.6 is 0 Å². The number of hydrogen-bond acceptors (Lipinski definition) is 1. The first-order valence-electron chi connectivity index (χ1n) is 0.289. The molecule has 0 aliphatic heterocycles. The minimum absolute atomic E-state index is 0. The van der Waals surface area contributed by atoms with E-state index in [2.05, 4.69) is 0 Å². The predicted octanol–water partition coefficient (Wildman–Crippen LogP) is -2.22. The molecular weight excluding hydrogens is 175 g/mol. The zero-order valence-corrected chi connectivity index (χ0v) is 4.08. The van der Waals surface area contributed by atoms with Crippen LogP contribution in [-0.2, 0) is 21.8 Å². The molecule has 0 heterocycles. The third-order valence-electron chi connectivity index (χ3n) is 0. The molecule has 0 fully saturated rings. The van der Waals surface area contributed by atoms with Gasteiger partial charge in [0.2, 0.25) is 0 Å². The fourth-order valence-corrected chi connectivity index (χ4v) is 0. The fraction of sp³-hybridized carbons (Fsp3) is 0. The third kappa shape index (κ3) is 9.16. The van der Waals surface area contributed by atoms with Crippen LogP contribution in [0.2, 0.25) is 0 Å². The van der Waals surface area contributed by atoms with Crippen LogP contribution in [0.3, 0.4) is 0 Å². The van der Waals surface area contributed by atoms with Crippen molar-refractivity contribution in [2.75, 3.05) is 0 Å². The predicted molar refractivity (Wildman–Crippen MR) is 19.2 cm³/mol. The summed E-state index contributed by atoms with van der Waals surface area (Å²) in [6, 6.07) is 0. The molecule has 0 bridgehead atoms. The topological polar surface area (TPSA) is 17.1 Å². The van der Waals surface area contributed by atoms with Gasteiger partial charge >= 0.3 is 64.7 Å². The molecule has 0 aromatic heterocycles. The molecule has 0 saturated heterocycles. The summed E-state index contributed by atoms with van der Waals surface area (Å²) in [5, 5.41) is 0. The van der Waals surface area contributed by atoms with E-state index in [1.54, 1.807) is 0 Å². The van der Waals surface area contributed by atoms with Gasteiger partial charge in [-0.3, -0.25) is 0 Å². The Hall–Kier alpha value is 1.83. The summed E-state index contributed by atoms with van der Waals surface area (Å²) in [7, 11) is 0. The SMILES string of the molecule is [GaH3].[MgH2].[O]=[Zn]. The first-order valence-corrected chi connectivity index (χ1v) is 1.50. The second kappa shape index (κ2) is 21.2. The average Bonchev–Trinajstić information content (AvgIpc) is 1.00. The Bertz CT molecular complexity index is 8.00. The third-order valence-corrected chi connectivity index (χ3v) is 0. The van der Waals surface area contributed by atoms with Crippen molar-refractivity contribution < 1.29 is 21.8 Å². The molecule has 4 heavy (non-hydrogen) atoms. The quantitative estimate of drug-likeness (QED) is 0.386. The van der Waals surface area contributed by atoms with E-state index >= 15 is 0 Å². The van der Waals surface area contributed by atoms with Crippen molar-refractivity contribution in [3.05, 3.63) is 0 Å². The van der Waals surface area contributed by atoms with Gasteiger partial charge in [0.15, 0.2) is 0 Å². The van der Waals surface area contributed by atoms with Crippen molar-refractivity contribution in [2.24, 2.45) is 0 Å². The number of rotatable bonds is 0. The van der Waals surface area contributed by atoms with Gasteiger partial charge in [0.25, 0.3) is 0 Å². The van der Waals surface area contributed by atoms with Crippen LogP contribution < -0.4 is 0 Å². The Morgan fingerprint density at radius 3 is 1.25 bits per heavy atom. The molecule has 0 unspecified atom stereocenters. The van der Waals surface area contributed by atoms with E-state index in [1.807, 2.05) is 0 Å². The molecule has 0 saturated carbocycles. The molecular formula is H5GaMgOZn. The van der Waals surface area contributed by atoms with E-state index in [1.165, 1.54) is 0 Å². The van der Waals surface area contributed by atoms with Crippen molar-refractivity contribution in [1.82, 2.24) is 0 Å². The average molecular weight is 180 g/mol. The van der Waals surface area contributed by atoms with Gasteiger partial charge in [-0.25, -0.2) is 0 Å². The molecule has 0 N–H and O–H groups in total. The van der Waals surface area contributed by atoms with Crippen LogP contribution in [-0.4, -0.2) is 42.8 Å². The van der Waals surface area contributed by atoms with Crippen molar-refractivity contribution in [2.45, 2.75) is 0 Å². The zero-order chi connectivity index (χ0) is 2.00. The van der Waals surface area contributed by atoms with Crippen LogP contribution in [0.15, 0.2) is 0 Å². The van der Waals surface area contributed by atoms with Crippen LogP contribution in [0.25, 0.3) is 0 Å². The van der Waals surface area contributed by atoms with Gasteiger partial charge in [-0.05, 0) is 0 Å². The van der Waals surface area contributed by atoms with E-state index in [9.17, 15) is 0 Å². The summed E-state index contributed by atoms with van der Waals surface area (Å²) in [4.78, 5) is 0. The minimum atomic E-state index is 0. The van der Waals surface area contributed by atoms with Gasteiger partial charge in [0, 0.05) is 0 Å².